The summed E-state index contributed by atoms with van der Waals surface area (Å²) in [7, 11) is 0. The van der Waals surface area contributed by atoms with Crippen molar-refractivity contribution in [1.82, 2.24) is 19.1 Å². The Morgan fingerprint density at radius 3 is 2.09 bits per heavy atom. The van der Waals surface area contributed by atoms with Crippen molar-refractivity contribution in [2.75, 3.05) is 0 Å². The molecule has 0 bridgehead atoms. The van der Waals surface area contributed by atoms with Gasteiger partial charge in [-0.25, -0.2) is 9.78 Å². The van der Waals surface area contributed by atoms with Gasteiger partial charge in [0.05, 0.1) is 0 Å². The first-order valence-electron chi connectivity index (χ1n) is 11.9. The van der Waals surface area contributed by atoms with Gasteiger partial charge in [-0.15, -0.1) is 0 Å². The number of aryl methyl sites for hydroxylation is 2. The molecule has 0 saturated carbocycles. The van der Waals surface area contributed by atoms with Crippen molar-refractivity contribution in [3.63, 3.8) is 0 Å². The number of H-pyrrole nitrogens is 1. The highest BCUT2D eigenvalue weighted by Gasteiger charge is 2.22. The number of nitrogens with one attached hydrogen (secondary N) is 1. The number of aromatic nitrogens is 4. The Balaban J connectivity index is 1.78. The van der Waals surface area contributed by atoms with Gasteiger partial charge >= 0.3 is 5.69 Å². The molecule has 33 heavy (non-hydrogen) atoms. The summed E-state index contributed by atoms with van der Waals surface area (Å²) in [5, 5.41) is 0. The van der Waals surface area contributed by atoms with E-state index in [2.05, 4.69) is 41.4 Å². The molecule has 0 spiro atoms. The van der Waals surface area contributed by atoms with Crippen LogP contribution in [0.2, 0.25) is 0 Å². The molecule has 0 saturated heterocycles. The number of benzene rings is 2. The standard InChI is InChI=1S/C27H32N4O2/c1-3-17-30-25-23(26(32)31(18-4-2)27(30)33)28-24(29-25)22(19-21-13-9-6-10-14-21)16-15-20-11-7-5-8-12-20/h5-14,22H,3-4,15-19H2,1-2H3,(H,28,29). The Kier molecular flexibility index (Phi) is 7.23. The maximum Gasteiger partial charge on any atom is 0.332 e. The highest BCUT2D eigenvalue weighted by molar-refractivity contribution is 5.70. The van der Waals surface area contributed by atoms with Crippen LogP contribution in [0.25, 0.3) is 11.2 Å². The van der Waals surface area contributed by atoms with E-state index in [1.54, 1.807) is 4.57 Å². The highest BCUT2D eigenvalue weighted by atomic mass is 16.2. The third-order valence-electron chi connectivity index (χ3n) is 6.11. The van der Waals surface area contributed by atoms with Gasteiger partial charge in [0, 0.05) is 19.0 Å². The van der Waals surface area contributed by atoms with E-state index in [-0.39, 0.29) is 17.2 Å². The Morgan fingerprint density at radius 1 is 0.848 bits per heavy atom. The number of rotatable bonds is 10. The van der Waals surface area contributed by atoms with E-state index >= 15 is 0 Å². The smallest absolute Gasteiger partial charge is 0.332 e. The van der Waals surface area contributed by atoms with Gasteiger partial charge in [-0.2, -0.15) is 0 Å². The van der Waals surface area contributed by atoms with Gasteiger partial charge < -0.3 is 4.98 Å². The quantitative estimate of drug-likeness (QED) is 0.386. The van der Waals surface area contributed by atoms with E-state index in [4.69, 9.17) is 4.98 Å². The summed E-state index contributed by atoms with van der Waals surface area (Å²) in [6.45, 7) is 4.95. The lowest BCUT2D eigenvalue weighted by Gasteiger charge is -2.15. The van der Waals surface area contributed by atoms with Crippen LogP contribution in [0.4, 0.5) is 0 Å². The van der Waals surface area contributed by atoms with Gasteiger partial charge in [0.2, 0.25) is 0 Å². The molecule has 0 aliphatic heterocycles. The van der Waals surface area contributed by atoms with E-state index in [1.165, 1.54) is 15.7 Å². The molecule has 1 unspecified atom stereocenters. The van der Waals surface area contributed by atoms with Crippen LogP contribution in [-0.2, 0) is 25.9 Å². The number of aromatic amines is 1. The zero-order valence-electron chi connectivity index (χ0n) is 19.5. The molecule has 0 aliphatic carbocycles. The van der Waals surface area contributed by atoms with Gasteiger partial charge in [-0.05, 0) is 43.2 Å². The number of nitrogens with zero attached hydrogens (tertiary/aromatic N) is 3. The molecule has 2 heterocycles. The lowest BCUT2D eigenvalue weighted by molar-refractivity contribution is 0.555. The molecule has 1 N–H and O–H groups in total. The molecule has 2 aromatic carbocycles. The van der Waals surface area contributed by atoms with E-state index in [9.17, 15) is 9.59 Å². The topological polar surface area (TPSA) is 72.7 Å². The molecule has 2 aromatic heterocycles. The summed E-state index contributed by atoms with van der Waals surface area (Å²) in [6.07, 6.45) is 4.14. The fraction of sp³-hybridized carbons (Fsp3) is 0.370. The molecule has 4 aromatic rings. The van der Waals surface area contributed by atoms with Gasteiger partial charge in [0.1, 0.15) is 11.3 Å². The lowest BCUT2D eigenvalue weighted by Crippen LogP contribution is -2.40. The molecule has 6 heteroatoms. The zero-order chi connectivity index (χ0) is 23.2. The number of imidazole rings is 1. The molecule has 4 rings (SSSR count). The number of fused-ring (bicyclic) bond motifs is 1. The van der Waals surface area contributed by atoms with Crippen molar-refractivity contribution in [3.05, 3.63) is 98.5 Å². The van der Waals surface area contributed by atoms with Crippen LogP contribution < -0.4 is 11.2 Å². The molecule has 172 valence electrons. The summed E-state index contributed by atoms with van der Waals surface area (Å²) in [6, 6.07) is 20.8. The first-order chi connectivity index (χ1) is 16.1. The normalized spacial score (nSPS) is 12.3. The van der Waals surface area contributed by atoms with Crippen molar-refractivity contribution >= 4 is 11.2 Å². The molecule has 0 radical (unpaired) electrons. The van der Waals surface area contributed by atoms with Crippen LogP contribution >= 0.6 is 0 Å². The van der Waals surface area contributed by atoms with Crippen LogP contribution in [0.15, 0.2) is 70.3 Å². The van der Waals surface area contributed by atoms with Crippen LogP contribution in [0.3, 0.4) is 0 Å². The third kappa shape index (κ3) is 5.00. The summed E-state index contributed by atoms with van der Waals surface area (Å²) < 4.78 is 3.00. The molecule has 1 atom stereocenters. The monoisotopic (exact) mass is 444 g/mol. The first kappa shape index (κ1) is 22.8. The highest BCUT2D eigenvalue weighted by Crippen LogP contribution is 2.25. The predicted octanol–water partition coefficient (Wildman–Crippen LogP) is 4.67. The molecule has 0 amide bonds. The molecular weight excluding hydrogens is 412 g/mol. The van der Waals surface area contributed by atoms with Gasteiger partial charge in [0.25, 0.3) is 5.56 Å². The van der Waals surface area contributed by atoms with Crippen LogP contribution in [-0.4, -0.2) is 19.1 Å². The van der Waals surface area contributed by atoms with Crippen LogP contribution in [0.1, 0.15) is 56.0 Å². The molecule has 0 aliphatic rings. The number of hydrogen-bond acceptors (Lipinski definition) is 3. The summed E-state index contributed by atoms with van der Waals surface area (Å²) in [4.78, 5) is 34.4. The average molecular weight is 445 g/mol. The second kappa shape index (κ2) is 10.5. The van der Waals surface area contributed by atoms with Crippen LogP contribution in [0.5, 0.6) is 0 Å². The first-order valence-corrected chi connectivity index (χ1v) is 11.9. The fourth-order valence-electron chi connectivity index (χ4n) is 4.44. The van der Waals surface area contributed by atoms with Crippen molar-refractivity contribution < 1.29 is 0 Å². The minimum atomic E-state index is -0.274. The van der Waals surface area contributed by atoms with Crippen molar-refractivity contribution in [1.29, 1.82) is 0 Å². The van der Waals surface area contributed by atoms with Crippen molar-refractivity contribution in [3.8, 4) is 0 Å². The number of hydrogen-bond donors (Lipinski definition) is 1. The minimum absolute atomic E-state index is 0.101. The largest absolute Gasteiger partial charge is 0.336 e. The fourth-order valence-corrected chi connectivity index (χ4v) is 4.44. The zero-order valence-corrected chi connectivity index (χ0v) is 19.5. The molecule has 6 nitrogen and oxygen atoms in total. The van der Waals surface area contributed by atoms with E-state index < -0.39 is 0 Å². The summed E-state index contributed by atoms with van der Waals surface area (Å²) in [5.41, 5.74) is 2.88. The Bertz CT molecular complexity index is 1300. The van der Waals surface area contributed by atoms with Crippen molar-refractivity contribution in [2.24, 2.45) is 0 Å². The van der Waals surface area contributed by atoms with E-state index in [0.717, 1.165) is 37.9 Å². The maximum atomic E-state index is 13.1. The van der Waals surface area contributed by atoms with Crippen LogP contribution in [0, 0.1) is 0 Å². The molecule has 0 fully saturated rings. The lowest BCUT2D eigenvalue weighted by atomic mass is 9.92. The average Bonchev–Trinajstić information content (AvgIpc) is 3.29. The third-order valence-corrected chi connectivity index (χ3v) is 6.11. The predicted molar refractivity (Wildman–Crippen MR) is 133 cm³/mol. The summed E-state index contributed by atoms with van der Waals surface area (Å²) >= 11 is 0. The van der Waals surface area contributed by atoms with Gasteiger partial charge in [-0.1, -0.05) is 74.5 Å². The van der Waals surface area contributed by atoms with Gasteiger partial charge in [0.15, 0.2) is 5.65 Å². The van der Waals surface area contributed by atoms with E-state index in [1.807, 2.05) is 38.1 Å². The Hall–Kier alpha value is -3.41. The Labute approximate surface area is 193 Å². The minimum Gasteiger partial charge on any atom is -0.336 e. The molecular formula is C27H32N4O2. The van der Waals surface area contributed by atoms with Gasteiger partial charge in [-0.3, -0.25) is 13.9 Å². The summed E-state index contributed by atoms with van der Waals surface area (Å²) in [5.74, 6) is 0.879. The maximum absolute atomic E-state index is 13.1. The van der Waals surface area contributed by atoms with E-state index in [0.29, 0.717) is 24.3 Å². The Morgan fingerprint density at radius 2 is 1.45 bits per heavy atom. The second-order valence-electron chi connectivity index (χ2n) is 8.62. The second-order valence-corrected chi connectivity index (χ2v) is 8.62. The SMILES string of the molecule is CCCn1c(=O)c2[nH]c(C(CCc3ccccc3)Cc3ccccc3)nc2n(CCC)c1=O. The van der Waals surface area contributed by atoms with Crippen molar-refractivity contribution in [2.45, 2.75) is 65.0 Å².